The summed E-state index contributed by atoms with van der Waals surface area (Å²) in [5, 5.41) is 0. The van der Waals surface area contributed by atoms with Gasteiger partial charge in [0.1, 0.15) is 0 Å². The van der Waals surface area contributed by atoms with Crippen LogP contribution in [0.5, 0.6) is 0 Å². The number of ether oxygens (including phenoxy) is 2. The summed E-state index contributed by atoms with van der Waals surface area (Å²) in [7, 11) is 1.39. The van der Waals surface area contributed by atoms with E-state index in [1.54, 1.807) is 13.0 Å². The lowest BCUT2D eigenvalue weighted by atomic mass is 10.0. The predicted octanol–water partition coefficient (Wildman–Crippen LogP) is 3.34. The van der Waals surface area contributed by atoms with Crippen molar-refractivity contribution in [2.75, 3.05) is 20.3 Å². The molecule has 0 saturated heterocycles. The van der Waals surface area contributed by atoms with E-state index in [2.05, 4.69) is 18.6 Å². The highest BCUT2D eigenvalue weighted by atomic mass is 16.5. The lowest BCUT2D eigenvalue weighted by Crippen LogP contribution is -2.10. The van der Waals surface area contributed by atoms with Crippen LogP contribution in [0.3, 0.4) is 0 Å². The number of rotatable bonds is 9. The van der Waals surface area contributed by atoms with E-state index in [-0.39, 0.29) is 5.97 Å². The molecule has 1 atom stereocenters. The number of esters is 1. The number of unbranched alkanes of at least 4 members (excludes halogenated alkanes) is 1. The molecule has 3 heteroatoms. The fraction of sp³-hybridized carbons (Fsp3) is 0.786. The molecule has 0 N–H and O–H groups in total. The highest BCUT2D eigenvalue weighted by Gasteiger charge is 2.06. The first-order chi connectivity index (χ1) is 8.15. The minimum atomic E-state index is -0.286. The molecule has 0 aromatic carbocycles. The van der Waals surface area contributed by atoms with E-state index in [1.165, 1.54) is 26.4 Å². The molecule has 3 nitrogen and oxygen atoms in total. The molecule has 100 valence electrons. The quantitative estimate of drug-likeness (QED) is 0.353. The van der Waals surface area contributed by atoms with E-state index in [1.807, 2.05) is 0 Å². The van der Waals surface area contributed by atoms with Crippen LogP contribution in [0.2, 0.25) is 0 Å². The maximum atomic E-state index is 11.1. The molecule has 0 aliphatic heterocycles. The molecule has 0 saturated carbocycles. The minimum Gasteiger partial charge on any atom is -0.466 e. The van der Waals surface area contributed by atoms with Crippen molar-refractivity contribution in [3.05, 3.63) is 11.6 Å². The fourth-order valence-electron chi connectivity index (χ4n) is 1.56. The van der Waals surface area contributed by atoms with Crippen LogP contribution < -0.4 is 0 Å². The van der Waals surface area contributed by atoms with E-state index in [9.17, 15) is 4.79 Å². The number of carbonyl (C=O) groups excluding carboxylic acids is 1. The van der Waals surface area contributed by atoms with Gasteiger partial charge in [-0.15, -0.1) is 0 Å². The van der Waals surface area contributed by atoms with Crippen molar-refractivity contribution in [3.63, 3.8) is 0 Å². The topological polar surface area (TPSA) is 35.5 Å². The largest absolute Gasteiger partial charge is 0.466 e. The van der Waals surface area contributed by atoms with Crippen molar-refractivity contribution >= 4 is 5.97 Å². The normalized spacial score (nSPS) is 13.5. The Kier molecular flexibility index (Phi) is 9.83. The van der Waals surface area contributed by atoms with Crippen LogP contribution in [0.15, 0.2) is 11.6 Å². The average molecular weight is 242 g/mol. The Labute approximate surface area is 105 Å². The summed E-state index contributed by atoms with van der Waals surface area (Å²) in [6.07, 6.45) is 6.65. The Morgan fingerprint density at radius 1 is 1.35 bits per heavy atom. The van der Waals surface area contributed by atoms with Gasteiger partial charge in [0.05, 0.1) is 13.7 Å². The van der Waals surface area contributed by atoms with Crippen molar-refractivity contribution in [1.29, 1.82) is 0 Å². The molecule has 0 aromatic rings. The molecule has 0 rings (SSSR count). The molecule has 0 spiro atoms. The summed E-state index contributed by atoms with van der Waals surface area (Å²) in [4.78, 5) is 11.1. The summed E-state index contributed by atoms with van der Waals surface area (Å²) < 4.78 is 10.2. The van der Waals surface area contributed by atoms with Crippen LogP contribution in [-0.4, -0.2) is 26.3 Å². The monoisotopic (exact) mass is 242 g/mol. The maximum absolute atomic E-state index is 11.1. The second kappa shape index (κ2) is 10.3. The van der Waals surface area contributed by atoms with Gasteiger partial charge in [0, 0.05) is 12.2 Å². The summed E-state index contributed by atoms with van der Waals surface area (Å²) >= 11 is 0. The van der Waals surface area contributed by atoms with Gasteiger partial charge in [-0.2, -0.15) is 0 Å². The standard InChI is InChI=1S/C14H26O3/c1-5-7-8-13(6-2)11-17-10-9-12(3)14(15)16-4/h9,13H,5-8,10-11H2,1-4H3. The zero-order valence-electron chi connectivity index (χ0n) is 11.6. The highest BCUT2D eigenvalue weighted by Crippen LogP contribution is 2.12. The van der Waals surface area contributed by atoms with E-state index in [4.69, 9.17) is 4.74 Å². The Balaban J connectivity index is 3.77. The molecule has 0 aliphatic rings. The fourth-order valence-corrected chi connectivity index (χ4v) is 1.56. The number of hydrogen-bond donors (Lipinski definition) is 0. The van der Waals surface area contributed by atoms with Gasteiger partial charge in [-0.05, 0) is 25.3 Å². The smallest absolute Gasteiger partial charge is 0.333 e. The molecule has 0 aromatic heterocycles. The van der Waals surface area contributed by atoms with Crippen LogP contribution in [0.25, 0.3) is 0 Å². The van der Waals surface area contributed by atoms with Crippen LogP contribution >= 0.6 is 0 Å². The van der Waals surface area contributed by atoms with Gasteiger partial charge in [-0.25, -0.2) is 4.79 Å². The van der Waals surface area contributed by atoms with Crippen molar-refractivity contribution in [3.8, 4) is 0 Å². The third kappa shape index (κ3) is 7.97. The van der Waals surface area contributed by atoms with Crippen LogP contribution in [0.1, 0.15) is 46.5 Å². The minimum absolute atomic E-state index is 0.286. The Hall–Kier alpha value is -0.830. The van der Waals surface area contributed by atoms with Crippen molar-refractivity contribution in [2.45, 2.75) is 46.5 Å². The lowest BCUT2D eigenvalue weighted by Gasteiger charge is -2.13. The van der Waals surface area contributed by atoms with Crippen molar-refractivity contribution in [2.24, 2.45) is 5.92 Å². The molecule has 0 fully saturated rings. The number of hydrogen-bond acceptors (Lipinski definition) is 3. The molecule has 0 amide bonds. The van der Waals surface area contributed by atoms with Crippen LogP contribution in [-0.2, 0) is 14.3 Å². The zero-order valence-corrected chi connectivity index (χ0v) is 11.6. The molecular formula is C14H26O3. The number of carbonyl (C=O) groups is 1. The van der Waals surface area contributed by atoms with Crippen molar-refractivity contribution < 1.29 is 14.3 Å². The predicted molar refractivity (Wildman–Crippen MR) is 69.9 cm³/mol. The van der Waals surface area contributed by atoms with Gasteiger partial charge >= 0.3 is 5.97 Å². The van der Waals surface area contributed by atoms with Gasteiger partial charge < -0.3 is 9.47 Å². The third-order valence-electron chi connectivity index (χ3n) is 2.91. The molecule has 0 bridgehead atoms. The highest BCUT2D eigenvalue weighted by molar-refractivity contribution is 5.87. The van der Waals surface area contributed by atoms with Crippen molar-refractivity contribution in [1.82, 2.24) is 0 Å². The van der Waals surface area contributed by atoms with Gasteiger partial charge in [0.2, 0.25) is 0 Å². The molecule has 0 aliphatic carbocycles. The zero-order chi connectivity index (χ0) is 13.1. The Bertz CT molecular complexity index is 234. The van der Waals surface area contributed by atoms with Crippen LogP contribution in [0.4, 0.5) is 0 Å². The summed E-state index contributed by atoms with van der Waals surface area (Å²) in [5.41, 5.74) is 0.606. The average Bonchev–Trinajstić information content (AvgIpc) is 2.36. The SMILES string of the molecule is CCCCC(CC)COCC=C(C)C(=O)OC. The van der Waals surface area contributed by atoms with E-state index in [0.29, 0.717) is 18.1 Å². The second-order valence-corrected chi connectivity index (χ2v) is 4.33. The van der Waals surface area contributed by atoms with Gasteiger partial charge in [0.25, 0.3) is 0 Å². The first-order valence-electron chi connectivity index (χ1n) is 6.48. The third-order valence-corrected chi connectivity index (χ3v) is 2.91. The molecule has 17 heavy (non-hydrogen) atoms. The van der Waals surface area contributed by atoms with E-state index < -0.39 is 0 Å². The molecule has 1 unspecified atom stereocenters. The van der Waals surface area contributed by atoms with Gasteiger partial charge in [-0.1, -0.05) is 33.1 Å². The van der Waals surface area contributed by atoms with E-state index in [0.717, 1.165) is 13.0 Å². The van der Waals surface area contributed by atoms with Crippen LogP contribution in [0, 0.1) is 5.92 Å². The second-order valence-electron chi connectivity index (χ2n) is 4.33. The summed E-state index contributed by atoms with van der Waals surface area (Å²) in [6.45, 7) is 7.41. The first-order valence-corrected chi connectivity index (χ1v) is 6.48. The number of methoxy groups -OCH3 is 1. The lowest BCUT2D eigenvalue weighted by molar-refractivity contribution is -0.136. The molecule has 0 radical (unpaired) electrons. The molecule has 0 heterocycles. The van der Waals surface area contributed by atoms with Gasteiger partial charge in [0.15, 0.2) is 0 Å². The van der Waals surface area contributed by atoms with Gasteiger partial charge in [-0.3, -0.25) is 0 Å². The maximum Gasteiger partial charge on any atom is 0.333 e. The Morgan fingerprint density at radius 2 is 2.06 bits per heavy atom. The summed E-state index contributed by atoms with van der Waals surface area (Å²) in [6, 6.07) is 0. The van der Waals surface area contributed by atoms with E-state index >= 15 is 0 Å². The summed E-state index contributed by atoms with van der Waals surface area (Å²) in [5.74, 6) is 0.355. The first kappa shape index (κ1) is 16.2. The Morgan fingerprint density at radius 3 is 2.59 bits per heavy atom. The molecular weight excluding hydrogens is 216 g/mol.